The number of ether oxygens (including phenoxy) is 2. The molecule has 1 aromatic rings. The molecule has 8 nitrogen and oxygen atoms in total. The van der Waals surface area contributed by atoms with Crippen LogP contribution in [0.3, 0.4) is 0 Å². The highest BCUT2D eigenvalue weighted by Crippen LogP contribution is 2.68. The van der Waals surface area contributed by atoms with Gasteiger partial charge in [0.05, 0.1) is 12.7 Å². The molecule has 3 fully saturated rings. The summed E-state index contributed by atoms with van der Waals surface area (Å²) in [4.78, 5) is 26.8. The summed E-state index contributed by atoms with van der Waals surface area (Å²) in [6.45, 7) is 7.51. The zero-order chi connectivity index (χ0) is 28.3. The molecule has 2 bridgehead atoms. The van der Waals surface area contributed by atoms with Crippen LogP contribution in [-0.2, 0) is 25.6 Å². The van der Waals surface area contributed by atoms with Gasteiger partial charge in [-0.05, 0) is 66.4 Å². The predicted molar refractivity (Wildman–Crippen MR) is 140 cm³/mol. The smallest absolute Gasteiger partial charge is 0.479 e. The second kappa shape index (κ2) is 10.1. The molecule has 0 spiro atoms. The molecule has 0 radical (unpaired) electrons. The molecule has 0 unspecified atom stereocenters. The SMILES string of the molecule is C[C@@H]1CC[C@@]23CCC(=O)[C@H]2[C@]1(C)[C@H](OC(=O)COc1ccc2c(c1F)B(O)OC2)C[C@@](C)(CCO)[C@@H](O)[C@@H]3C. The Labute approximate surface area is 229 Å². The summed E-state index contributed by atoms with van der Waals surface area (Å²) in [5.41, 5.74) is -1.29. The zero-order valence-corrected chi connectivity index (χ0v) is 23.2. The zero-order valence-electron chi connectivity index (χ0n) is 23.2. The first-order valence-electron chi connectivity index (χ1n) is 14.1. The number of rotatable bonds is 6. The minimum atomic E-state index is -1.39. The number of halogens is 1. The predicted octanol–water partition coefficient (Wildman–Crippen LogP) is 2.53. The first kappa shape index (κ1) is 28.5. The number of benzene rings is 1. The Hall–Kier alpha value is -2.01. The Kier molecular flexibility index (Phi) is 7.40. The van der Waals surface area contributed by atoms with Crippen LogP contribution in [0.2, 0.25) is 0 Å². The summed E-state index contributed by atoms with van der Waals surface area (Å²) in [6.07, 6.45) is 1.92. The molecule has 3 N–H and O–H groups in total. The summed E-state index contributed by atoms with van der Waals surface area (Å²) >= 11 is 0. The molecule has 0 amide bonds. The van der Waals surface area contributed by atoms with Crippen molar-refractivity contribution in [3.8, 4) is 5.75 Å². The standard InChI is InChI=1S/C29H40BFO8/c1-16-7-9-29-10-8-19(33)25(29)28(16,4)21(13-27(3,11-12-32)26(35)17(29)2)39-22(34)15-37-20-6-5-18-14-38-30(36)23(18)24(20)31/h5-6,16-17,21,25-26,32,35-36H,7-15H2,1-4H3/t16-,17+,21-,25+,26+,27-,28+,29+/m1/s1. The topological polar surface area (TPSA) is 123 Å². The van der Waals surface area contributed by atoms with Crippen LogP contribution >= 0.6 is 0 Å². The minimum Gasteiger partial charge on any atom is -0.479 e. The Bertz CT molecular complexity index is 1150. The molecule has 1 heterocycles. The summed E-state index contributed by atoms with van der Waals surface area (Å²) in [5, 5.41) is 31.5. The minimum absolute atomic E-state index is 0.00314. The van der Waals surface area contributed by atoms with Crippen LogP contribution in [0.5, 0.6) is 5.75 Å². The third-order valence-corrected chi connectivity index (χ3v) is 11.1. The number of hydrogen-bond donors (Lipinski definition) is 3. The fourth-order valence-electron chi connectivity index (χ4n) is 8.56. The number of carbonyl (C=O) groups is 2. The van der Waals surface area contributed by atoms with E-state index in [1.807, 2.05) is 20.8 Å². The van der Waals surface area contributed by atoms with E-state index in [1.54, 1.807) is 6.07 Å². The molecule has 5 rings (SSSR count). The number of aliphatic hydroxyl groups excluding tert-OH is 2. The number of fused-ring (bicyclic) bond motifs is 1. The highest BCUT2D eigenvalue weighted by Gasteiger charge is 2.68. The van der Waals surface area contributed by atoms with Crippen LogP contribution in [0.4, 0.5) is 4.39 Å². The monoisotopic (exact) mass is 546 g/mol. The maximum atomic E-state index is 15.0. The molecule has 1 aromatic carbocycles. The molecule has 1 aliphatic heterocycles. The molecule has 0 aromatic heterocycles. The third-order valence-electron chi connectivity index (χ3n) is 11.1. The van der Waals surface area contributed by atoms with Crippen molar-refractivity contribution in [3.05, 3.63) is 23.5 Å². The van der Waals surface area contributed by atoms with Crippen molar-refractivity contribution in [2.24, 2.45) is 34.0 Å². The van der Waals surface area contributed by atoms with Gasteiger partial charge >= 0.3 is 13.1 Å². The van der Waals surface area contributed by atoms with E-state index in [-0.39, 0.29) is 54.4 Å². The van der Waals surface area contributed by atoms with Gasteiger partial charge in [-0.1, -0.05) is 33.8 Å². The Balaban J connectivity index is 1.45. The third kappa shape index (κ3) is 4.33. The van der Waals surface area contributed by atoms with Gasteiger partial charge in [0.2, 0.25) is 0 Å². The van der Waals surface area contributed by atoms with E-state index in [0.717, 1.165) is 12.8 Å². The average Bonchev–Trinajstić information content (AvgIpc) is 3.45. The number of esters is 1. The van der Waals surface area contributed by atoms with Crippen molar-refractivity contribution >= 4 is 24.3 Å². The highest BCUT2D eigenvalue weighted by molar-refractivity contribution is 6.61. The summed E-state index contributed by atoms with van der Waals surface area (Å²) in [5.74, 6) is -1.95. The molecule has 10 heteroatoms. The first-order chi connectivity index (χ1) is 18.4. The lowest BCUT2D eigenvalue weighted by molar-refractivity contribution is -0.214. The van der Waals surface area contributed by atoms with Crippen LogP contribution in [0.25, 0.3) is 0 Å². The van der Waals surface area contributed by atoms with Gasteiger partial charge in [-0.25, -0.2) is 9.18 Å². The second-order valence-corrected chi connectivity index (χ2v) is 12.9. The van der Waals surface area contributed by atoms with Gasteiger partial charge in [0, 0.05) is 29.8 Å². The van der Waals surface area contributed by atoms with Crippen molar-refractivity contribution < 1.29 is 43.3 Å². The van der Waals surface area contributed by atoms with Gasteiger partial charge in [-0.2, -0.15) is 0 Å². The summed E-state index contributed by atoms with van der Waals surface area (Å²) in [6, 6.07) is 2.98. The van der Waals surface area contributed by atoms with E-state index in [1.165, 1.54) is 6.07 Å². The normalized spacial score (nSPS) is 39.5. The van der Waals surface area contributed by atoms with Gasteiger partial charge in [0.1, 0.15) is 11.9 Å². The Morgan fingerprint density at radius 3 is 2.72 bits per heavy atom. The van der Waals surface area contributed by atoms with Crippen LogP contribution < -0.4 is 10.2 Å². The van der Waals surface area contributed by atoms with Crippen LogP contribution in [-0.4, -0.2) is 59.5 Å². The van der Waals surface area contributed by atoms with E-state index in [9.17, 15) is 29.2 Å². The lowest BCUT2D eigenvalue weighted by Gasteiger charge is -2.62. The van der Waals surface area contributed by atoms with Gasteiger partial charge in [-0.15, -0.1) is 0 Å². The summed E-state index contributed by atoms with van der Waals surface area (Å²) < 4.78 is 31.7. The van der Waals surface area contributed by atoms with Gasteiger partial charge in [-0.3, -0.25) is 4.79 Å². The van der Waals surface area contributed by atoms with Crippen molar-refractivity contribution in [1.29, 1.82) is 0 Å². The number of ketones is 1. The fourth-order valence-corrected chi connectivity index (χ4v) is 8.56. The maximum Gasteiger partial charge on any atom is 0.494 e. The Morgan fingerprint density at radius 2 is 2.00 bits per heavy atom. The Morgan fingerprint density at radius 1 is 1.26 bits per heavy atom. The molecular weight excluding hydrogens is 506 g/mol. The number of hydrogen-bond acceptors (Lipinski definition) is 8. The number of Topliss-reactive ketones (excluding diaryl/α,β-unsaturated/α-hetero) is 1. The largest absolute Gasteiger partial charge is 0.494 e. The lowest BCUT2D eigenvalue weighted by atomic mass is 9.43. The second-order valence-electron chi connectivity index (χ2n) is 12.9. The molecular formula is C29H40BFO8. The van der Waals surface area contributed by atoms with Gasteiger partial charge in [0.25, 0.3) is 0 Å². The molecule has 0 saturated heterocycles. The van der Waals surface area contributed by atoms with Crippen molar-refractivity contribution in [2.45, 2.75) is 85.0 Å². The van der Waals surface area contributed by atoms with E-state index in [0.29, 0.717) is 24.8 Å². The summed E-state index contributed by atoms with van der Waals surface area (Å²) in [7, 11) is -1.39. The van der Waals surface area contributed by atoms with E-state index < -0.39 is 54.0 Å². The van der Waals surface area contributed by atoms with Crippen LogP contribution in [0.15, 0.2) is 12.1 Å². The molecule has 214 valence electrons. The molecule has 3 saturated carbocycles. The van der Waals surface area contributed by atoms with Crippen molar-refractivity contribution in [2.75, 3.05) is 13.2 Å². The van der Waals surface area contributed by atoms with E-state index in [4.69, 9.17) is 14.1 Å². The molecule has 3 aliphatic carbocycles. The number of carbonyl (C=O) groups excluding carboxylic acids is 2. The fraction of sp³-hybridized carbons (Fsp3) is 0.724. The van der Waals surface area contributed by atoms with E-state index in [2.05, 4.69) is 6.92 Å². The molecule has 39 heavy (non-hydrogen) atoms. The van der Waals surface area contributed by atoms with Crippen LogP contribution in [0, 0.1) is 39.8 Å². The van der Waals surface area contributed by atoms with Crippen molar-refractivity contribution in [3.63, 3.8) is 0 Å². The lowest BCUT2D eigenvalue weighted by Crippen LogP contribution is -2.63. The first-order valence-corrected chi connectivity index (χ1v) is 14.1. The van der Waals surface area contributed by atoms with Gasteiger partial charge in [0.15, 0.2) is 18.2 Å². The van der Waals surface area contributed by atoms with Gasteiger partial charge < -0.3 is 29.4 Å². The highest BCUT2D eigenvalue weighted by atomic mass is 19.1. The van der Waals surface area contributed by atoms with Crippen LogP contribution in [0.1, 0.15) is 71.8 Å². The average molecular weight is 546 g/mol. The molecule has 8 atom stereocenters. The van der Waals surface area contributed by atoms with E-state index >= 15 is 0 Å². The molecule has 4 aliphatic rings. The quantitative estimate of drug-likeness (QED) is 0.368. The maximum absolute atomic E-state index is 15.0. The van der Waals surface area contributed by atoms with Crippen molar-refractivity contribution in [1.82, 2.24) is 0 Å². The number of aliphatic hydroxyl groups is 2.